The Hall–Kier alpha value is -3.35. The van der Waals surface area contributed by atoms with Gasteiger partial charge in [0, 0.05) is 28.4 Å². The van der Waals surface area contributed by atoms with Crippen LogP contribution in [0.1, 0.15) is 58.7 Å². The lowest BCUT2D eigenvalue weighted by molar-refractivity contribution is 0.0988. The van der Waals surface area contributed by atoms with E-state index in [4.69, 9.17) is 33.0 Å². The van der Waals surface area contributed by atoms with Gasteiger partial charge in [0.05, 0.1) is 35.8 Å². The fourth-order valence-electron chi connectivity index (χ4n) is 5.42. The molecule has 0 fully saturated rings. The number of benzene rings is 2. The van der Waals surface area contributed by atoms with Gasteiger partial charge in [-0.1, -0.05) is 49.2 Å². The van der Waals surface area contributed by atoms with E-state index in [9.17, 15) is 4.79 Å². The number of fused-ring (bicyclic) bond motifs is 8. The first-order valence-electron chi connectivity index (χ1n) is 11.4. The molecular formula is C27H22Cl2N4O2. The molecule has 1 amide bonds. The van der Waals surface area contributed by atoms with Crippen LogP contribution in [0.25, 0.3) is 16.8 Å². The van der Waals surface area contributed by atoms with Crippen molar-refractivity contribution >= 4 is 34.8 Å². The molecule has 1 unspecified atom stereocenters. The Labute approximate surface area is 213 Å². The average molecular weight is 505 g/mol. The standard InChI is InChI=1S/C27H22Cl2N4O2/c1-13(2)24-22-23(31-33(24)19-12-30-10-9-20(19)35-4)27(34)32-25-14(3)5-8-18(29)21(25)17-11-15(28)6-7-16(17)26(22)32/h5-13,26H,1-4H3. The van der Waals surface area contributed by atoms with Crippen molar-refractivity contribution in [2.75, 3.05) is 12.0 Å². The third-order valence-electron chi connectivity index (χ3n) is 6.82. The van der Waals surface area contributed by atoms with Crippen LogP contribution in [-0.4, -0.2) is 27.8 Å². The summed E-state index contributed by atoms with van der Waals surface area (Å²) in [5.41, 5.74) is 7.46. The van der Waals surface area contributed by atoms with Crippen molar-refractivity contribution in [3.63, 3.8) is 0 Å². The van der Waals surface area contributed by atoms with Gasteiger partial charge in [-0.2, -0.15) is 5.10 Å². The smallest absolute Gasteiger partial charge is 0.280 e. The normalized spacial score (nSPS) is 15.7. The minimum absolute atomic E-state index is 0.0708. The van der Waals surface area contributed by atoms with Gasteiger partial charge in [0.15, 0.2) is 5.69 Å². The Morgan fingerprint density at radius 3 is 2.66 bits per heavy atom. The second-order valence-corrected chi connectivity index (χ2v) is 10.0. The Morgan fingerprint density at radius 2 is 1.91 bits per heavy atom. The van der Waals surface area contributed by atoms with Crippen LogP contribution in [0.2, 0.25) is 10.0 Å². The average Bonchev–Trinajstić information content (AvgIpc) is 3.36. The molecule has 4 heterocycles. The third kappa shape index (κ3) is 3.00. The van der Waals surface area contributed by atoms with E-state index in [1.807, 2.05) is 46.8 Å². The molecule has 6 rings (SSSR count). The molecule has 0 N–H and O–H groups in total. The highest BCUT2D eigenvalue weighted by Crippen LogP contribution is 2.56. The molecule has 0 bridgehead atoms. The summed E-state index contributed by atoms with van der Waals surface area (Å²) in [6, 6.07) is 11.1. The molecule has 0 radical (unpaired) electrons. The minimum Gasteiger partial charge on any atom is -0.494 e. The van der Waals surface area contributed by atoms with E-state index in [0.29, 0.717) is 27.2 Å². The highest BCUT2D eigenvalue weighted by Gasteiger charge is 2.49. The number of ether oxygens (including phenoxy) is 1. The number of halogens is 2. The molecule has 2 aliphatic rings. The third-order valence-corrected chi connectivity index (χ3v) is 7.37. The molecule has 0 saturated heterocycles. The van der Waals surface area contributed by atoms with Crippen molar-refractivity contribution in [3.8, 4) is 22.6 Å². The maximum atomic E-state index is 14.0. The van der Waals surface area contributed by atoms with E-state index in [1.54, 1.807) is 25.6 Å². The van der Waals surface area contributed by atoms with Gasteiger partial charge >= 0.3 is 0 Å². The quantitative estimate of drug-likeness (QED) is 0.309. The van der Waals surface area contributed by atoms with Crippen LogP contribution in [-0.2, 0) is 0 Å². The van der Waals surface area contributed by atoms with Gasteiger partial charge in [-0.3, -0.25) is 14.7 Å². The van der Waals surface area contributed by atoms with Crippen LogP contribution >= 0.6 is 23.2 Å². The summed E-state index contributed by atoms with van der Waals surface area (Å²) >= 11 is 13.2. The number of carbonyl (C=O) groups is 1. The number of aryl methyl sites for hydroxylation is 1. The molecule has 0 saturated carbocycles. The molecule has 176 valence electrons. The predicted molar refractivity (Wildman–Crippen MR) is 137 cm³/mol. The van der Waals surface area contributed by atoms with Gasteiger partial charge in [-0.15, -0.1) is 0 Å². The molecule has 6 nitrogen and oxygen atoms in total. The van der Waals surface area contributed by atoms with Crippen LogP contribution in [0.3, 0.4) is 0 Å². The molecule has 4 aromatic rings. The molecule has 1 atom stereocenters. The Balaban J connectivity index is 1.69. The minimum atomic E-state index is -0.344. The van der Waals surface area contributed by atoms with Crippen molar-refractivity contribution in [1.29, 1.82) is 0 Å². The number of aromatic nitrogens is 3. The van der Waals surface area contributed by atoms with E-state index in [0.717, 1.165) is 39.2 Å². The van der Waals surface area contributed by atoms with Gasteiger partial charge in [0.1, 0.15) is 11.4 Å². The number of hydrogen-bond acceptors (Lipinski definition) is 4. The van der Waals surface area contributed by atoms with Gasteiger partial charge in [0.25, 0.3) is 5.91 Å². The summed E-state index contributed by atoms with van der Waals surface area (Å²) < 4.78 is 7.40. The number of hydrogen-bond donors (Lipinski definition) is 0. The zero-order valence-electron chi connectivity index (χ0n) is 19.6. The van der Waals surface area contributed by atoms with E-state index in [1.165, 1.54) is 0 Å². The van der Waals surface area contributed by atoms with Gasteiger partial charge < -0.3 is 4.74 Å². The summed E-state index contributed by atoms with van der Waals surface area (Å²) in [6.45, 7) is 6.20. The number of anilines is 1. The number of methoxy groups -OCH3 is 1. The number of rotatable bonds is 3. The van der Waals surface area contributed by atoms with E-state index < -0.39 is 0 Å². The maximum absolute atomic E-state index is 14.0. The highest BCUT2D eigenvalue weighted by molar-refractivity contribution is 6.35. The van der Waals surface area contributed by atoms with E-state index in [-0.39, 0.29) is 17.9 Å². The molecule has 0 spiro atoms. The topological polar surface area (TPSA) is 60.2 Å². The Bertz CT molecular complexity index is 1540. The highest BCUT2D eigenvalue weighted by atomic mass is 35.5. The molecule has 2 aromatic heterocycles. The van der Waals surface area contributed by atoms with Crippen molar-refractivity contribution in [2.45, 2.75) is 32.7 Å². The largest absolute Gasteiger partial charge is 0.494 e. The zero-order valence-corrected chi connectivity index (χ0v) is 21.1. The summed E-state index contributed by atoms with van der Waals surface area (Å²) in [7, 11) is 1.61. The van der Waals surface area contributed by atoms with Crippen LogP contribution < -0.4 is 9.64 Å². The van der Waals surface area contributed by atoms with Crippen molar-refractivity contribution in [3.05, 3.63) is 86.9 Å². The van der Waals surface area contributed by atoms with Crippen molar-refractivity contribution in [1.82, 2.24) is 14.8 Å². The number of carbonyl (C=O) groups excluding carboxylic acids is 1. The van der Waals surface area contributed by atoms with Crippen LogP contribution in [0.15, 0.2) is 48.8 Å². The van der Waals surface area contributed by atoms with Crippen LogP contribution in [0, 0.1) is 6.92 Å². The predicted octanol–water partition coefficient (Wildman–Crippen LogP) is 6.74. The Kier molecular flexibility index (Phi) is 4.95. The van der Waals surface area contributed by atoms with Gasteiger partial charge in [-0.25, -0.2) is 4.68 Å². The maximum Gasteiger partial charge on any atom is 0.280 e. The summed E-state index contributed by atoms with van der Waals surface area (Å²) in [5, 5.41) is 6.06. The van der Waals surface area contributed by atoms with Gasteiger partial charge in [-0.05, 0) is 47.7 Å². The van der Waals surface area contributed by atoms with Crippen molar-refractivity contribution in [2.24, 2.45) is 0 Å². The summed E-state index contributed by atoms with van der Waals surface area (Å²) in [5.74, 6) is 0.554. The van der Waals surface area contributed by atoms with Crippen molar-refractivity contribution < 1.29 is 9.53 Å². The lowest BCUT2D eigenvalue weighted by atomic mass is 9.84. The molecule has 2 aliphatic heterocycles. The summed E-state index contributed by atoms with van der Waals surface area (Å²) in [4.78, 5) is 20.2. The molecule has 35 heavy (non-hydrogen) atoms. The fraction of sp³-hybridized carbons (Fsp3) is 0.222. The lowest BCUT2D eigenvalue weighted by Gasteiger charge is -2.36. The van der Waals surface area contributed by atoms with E-state index >= 15 is 0 Å². The zero-order chi connectivity index (χ0) is 24.6. The second-order valence-electron chi connectivity index (χ2n) is 9.16. The van der Waals surface area contributed by atoms with Crippen LogP contribution in [0.4, 0.5) is 5.69 Å². The summed E-state index contributed by atoms with van der Waals surface area (Å²) in [6.07, 6.45) is 3.38. The first-order valence-corrected chi connectivity index (χ1v) is 12.1. The monoisotopic (exact) mass is 504 g/mol. The van der Waals surface area contributed by atoms with E-state index in [2.05, 4.69) is 18.8 Å². The second kappa shape index (κ2) is 7.83. The number of nitrogens with zero attached hydrogens (tertiary/aromatic N) is 4. The fourth-order valence-corrected chi connectivity index (χ4v) is 5.85. The number of amides is 1. The molecule has 0 aliphatic carbocycles. The van der Waals surface area contributed by atoms with Gasteiger partial charge in [0.2, 0.25) is 0 Å². The lowest BCUT2D eigenvalue weighted by Crippen LogP contribution is -2.34. The molecular weight excluding hydrogens is 483 g/mol. The first-order chi connectivity index (χ1) is 16.8. The van der Waals surface area contributed by atoms with Crippen LogP contribution in [0.5, 0.6) is 5.75 Å². The molecule has 8 heteroatoms. The Morgan fingerprint density at radius 1 is 1.11 bits per heavy atom. The number of pyridine rings is 1. The SMILES string of the molecule is COc1ccncc1-n1nc2c(c1C(C)C)C1c3ccc(Cl)cc3-c3c(Cl)ccc(C)c3N1C2=O. The molecule has 2 aromatic carbocycles. The first kappa shape index (κ1) is 22.1.